The van der Waals surface area contributed by atoms with Gasteiger partial charge in [0.15, 0.2) is 5.66 Å². The first-order valence-corrected chi connectivity index (χ1v) is 11.5. The lowest BCUT2D eigenvalue weighted by molar-refractivity contribution is -0.136. The number of carbonyl (C=O) groups is 2. The van der Waals surface area contributed by atoms with Gasteiger partial charge in [-0.05, 0) is 31.2 Å². The van der Waals surface area contributed by atoms with E-state index >= 15 is 0 Å². The zero-order chi connectivity index (χ0) is 24.2. The second-order valence-corrected chi connectivity index (χ2v) is 8.97. The van der Waals surface area contributed by atoms with Gasteiger partial charge in [-0.15, -0.1) is 5.48 Å². The minimum absolute atomic E-state index is 0.111. The quantitative estimate of drug-likeness (QED) is 0.629. The Hall–Kier alpha value is -4.11. The van der Waals surface area contributed by atoms with Crippen LogP contribution in [0.1, 0.15) is 23.0 Å². The highest BCUT2D eigenvalue weighted by atomic mass is 16.6. The number of nitrogens with one attached hydrogen (secondary N) is 1. The van der Waals surface area contributed by atoms with Gasteiger partial charge < -0.3 is 23.9 Å². The van der Waals surface area contributed by atoms with Crippen LogP contribution in [0.5, 0.6) is 5.75 Å². The molecule has 3 aliphatic heterocycles. The van der Waals surface area contributed by atoms with Crippen molar-refractivity contribution < 1.29 is 19.2 Å². The van der Waals surface area contributed by atoms with Crippen LogP contribution >= 0.6 is 0 Å². The average molecular weight is 472 g/mol. The van der Waals surface area contributed by atoms with Crippen molar-refractivity contribution in [3.63, 3.8) is 0 Å². The van der Waals surface area contributed by atoms with E-state index < -0.39 is 5.66 Å². The number of amides is 2. The van der Waals surface area contributed by atoms with Gasteiger partial charge in [0.25, 0.3) is 11.8 Å². The van der Waals surface area contributed by atoms with Crippen molar-refractivity contribution in [2.45, 2.75) is 25.2 Å². The Labute approximate surface area is 202 Å². The summed E-state index contributed by atoms with van der Waals surface area (Å²) >= 11 is 0. The van der Waals surface area contributed by atoms with Crippen molar-refractivity contribution in [1.29, 1.82) is 0 Å². The van der Waals surface area contributed by atoms with E-state index in [1.54, 1.807) is 24.4 Å². The molecule has 2 amide bonds. The molecular weight excluding hydrogens is 446 g/mol. The highest BCUT2D eigenvalue weighted by Gasteiger charge is 2.56. The molecular formula is C26H25N5O4. The number of fused-ring (bicyclic) bond motifs is 2. The fourth-order valence-corrected chi connectivity index (χ4v) is 5.33. The summed E-state index contributed by atoms with van der Waals surface area (Å²) in [5.41, 5.74) is 5.65. The number of nitrogens with zero attached hydrogens (tertiary/aromatic N) is 4. The summed E-state index contributed by atoms with van der Waals surface area (Å²) in [6.45, 7) is 3.13. The normalized spacial score (nSPS) is 23.0. The predicted octanol–water partition coefficient (Wildman–Crippen LogP) is 2.52. The van der Waals surface area contributed by atoms with Gasteiger partial charge in [-0.3, -0.25) is 14.6 Å². The molecule has 1 N–H and O–H groups in total. The molecule has 35 heavy (non-hydrogen) atoms. The molecule has 9 heteroatoms. The number of rotatable bonds is 4. The molecule has 0 spiro atoms. The lowest BCUT2D eigenvalue weighted by Gasteiger charge is -2.47. The maximum atomic E-state index is 13.9. The van der Waals surface area contributed by atoms with E-state index in [-0.39, 0.29) is 17.9 Å². The van der Waals surface area contributed by atoms with E-state index in [0.717, 1.165) is 16.7 Å². The molecule has 0 aliphatic carbocycles. The summed E-state index contributed by atoms with van der Waals surface area (Å²) in [5.74, 6) is 0.442. The van der Waals surface area contributed by atoms with E-state index in [0.29, 0.717) is 36.7 Å². The molecule has 1 aromatic carbocycles. The fraction of sp³-hybridized carbons (Fsp3) is 0.269. The van der Waals surface area contributed by atoms with Crippen LogP contribution in [-0.2, 0) is 21.8 Å². The van der Waals surface area contributed by atoms with Crippen LogP contribution < -0.4 is 10.2 Å². The molecule has 5 heterocycles. The second kappa shape index (κ2) is 7.99. The van der Waals surface area contributed by atoms with Crippen molar-refractivity contribution in [2.24, 2.45) is 0 Å². The highest BCUT2D eigenvalue weighted by Crippen LogP contribution is 2.45. The standard InChI is InChI=1S/C26H25N5O4/c1-17-22(15-35-28-17)24(32)30-10-11-31-25(33)23-12-19(18-4-3-9-27-13-18)14-29(23)16-26(30,31)20-5-7-21(34-2)8-6-20/h3-9,12-15,17,28H,10-11,16H2,1-2H3. The number of benzene rings is 1. The maximum Gasteiger partial charge on any atom is 0.272 e. The second-order valence-electron chi connectivity index (χ2n) is 8.97. The third-order valence-corrected chi connectivity index (χ3v) is 7.13. The Morgan fingerprint density at radius 3 is 2.71 bits per heavy atom. The van der Waals surface area contributed by atoms with Gasteiger partial charge in [-0.25, -0.2) is 0 Å². The molecule has 1 saturated heterocycles. The number of methoxy groups -OCH3 is 1. The molecule has 9 nitrogen and oxygen atoms in total. The van der Waals surface area contributed by atoms with Crippen LogP contribution in [0.25, 0.3) is 11.1 Å². The molecule has 3 aromatic rings. The first-order valence-electron chi connectivity index (χ1n) is 11.5. The van der Waals surface area contributed by atoms with Gasteiger partial charge in [-0.1, -0.05) is 18.2 Å². The topological polar surface area (TPSA) is 88.9 Å². The highest BCUT2D eigenvalue weighted by molar-refractivity contribution is 5.99. The van der Waals surface area contributed by atoms with Gasteiger partial charge in [0, 0.05) is 48.4 Å². The summed E-state index contributed by atoms with van der Waals surface area (Å²) in [5, 5.41) is 0. The van der Waals surface area contributed by atoms with Crippen molar-refractivity contribution in [3.05, 3.63) is 84.1 Å². The van der Waals surface area contributed by atoms with E-state index in [1.807, 2.05) is 65.1 Å². The average Bonchev–Trinajstić information content (AvgIpc) is 3.62. The minimum atomic E-state index is -0.984. The largest absolute Gasteiger partial charge is 0.497 e. The molecule has 178 valence electrons. The van der Waals surface area contributed by atoms with Crippen molar-refractivity contribution in [2.75, 3.05) is 20.2 Å². The molecule has 2 unspecified atom stereocenters. The van der Waals surface area contributed by atoms with Gasteiger partial charge >= 0.3 is 0 Å². The summed E-state index contributed by atoms with van der Waals surface area (Å²) < 4.78 is 7.32. The zero-order valence-electron chi connectivity index (χ0n) is 19.5. The molecule has 0 saturated carbocycles. The SMILES string of the molecule is COc1ccc(C23Cn4cc(-c5cccnc5)cc4C(=O)N2CCN3C(=O)C2=CONC2C)cc1. The maximum absolute atomic E-state index is 13.9. The van der Waals surface area contributed by atoms with Gasteiger partial charge in [0.2, 0.25) is 0 Å². The number of pyridine rings is 1. The Bertz CT molecular complexity index is 1330. The molecule has 6 rings (SSSR count). The summed E-state index contributed by atoms with van der Waals surface area (Å²) in [4.78, 5) is 40.7. The van der Waals surface area contributed by atoms with E-state index in [9.17, 15) is 9.59 Å². The third-order valence-electron chi connectivity index (χ3n) is 7.13. The monoisotopic (exact) mass is 471 g/mol. The van der Waals surface area contributed by atoms with Crippen molar-refractivity contribution in [1.82, 2.24) is 24.8 Å². The lowest BCUT2D eigenvalue weighted by atomic mass is 9.93. The number of hydroxylamine groups is 1. The zero-order valence-corrected chi connectivity index (χ0v) is 19.5. The number of aromatic nitrogens is 2. The van der Waals surface area contributed by atoms with Crippen LogP contribution in [0.3, 0.4) is 0 Å². The van der Waals surface area contributed by atoms with Crippen LogP contribution in [0.2, 0.25) is 0 Å². The lowest BCUT2D eigenvalue weighted by Crippen LogP contribution is -2.60. The van der Waals surface area contributed by atoms with E-state index in [1.165, 1.54) is 6.26 Å². The molecule has 0 radical (unpaired) electrons. The van der Waals surface area contributed by atoms with Gasteiger partial charge in [0.1, 0.15) is 17.7 Å². The van der Waals surface area contributed by atoms with Crippen molar-refractivity contribution >= 4 is 11.8 Å². The first-order chi connectivity index (χ1) is 17.0. The van der Waals surface area contributed by atoms with Crippen LogP contribution in [0, 0.1) is 0 Å². The fourth-order valence-electron chi connectivity index (χ4n) is 5.33. The predicted molar refractivity (Wildman–Crippen MR) is 127 cm³/mol. The molecule has 0 bridgehead atoms. The number of carbonyl (C=O) groups excluding carboxylic acids is 2. The molecule has 2 aromatic heterocycles. The van der Waals surface area contributed by atoms with Crippen molar-refractivity contribution in [3.8, 4) is 16.9 Å². The Kier molecular flexibility index (Phi) is 4.89. The summed E-state index contributed by atoms with van der Waals surface area (Å²) in [6, 6.07) is 13.1. The molecule has 3 aliphatic rings. The molecule has 2 atom stereocenters. The van der Waals surface area contributed by atoms with E-state index in [2.05, 4.69) is 10.5 Å². The summed E-state index contributed by atoms with van der Waals surface area (Å²) in [6.07, 6.45) is 6.93. The van der Waals surface area contributed by atoms with Crippen LogP contribution in [0.15, 0.2) is 72.9 Å². The Balaban J connectivity index is 1.49. The van der Waals surface area contributed by atoms with Crippen LogP contribution in [-0.4, -0.2) is 57.4 Å². The minimum Gasteiger partial charge on any atom is -0.497 e. The number of ether oxygens (including phenoxy) is 1. The third kappa shape index (κ3) is 3.15. The van der Waals surface area contributed by atoms with E-state index in [4.69, 9.17) is 9.57 Å². The van der Waals surface area contributed by atoms with Gasteiger partial charge in [0.05, 0.1) is 25.3 Å². The number of hydrogen-bond acceptors (Lipinski definition) is 6. The Morgan fingerprint density at radius 1 is 1.20 bits per heavy atom. The smallest absolute Gasteiger partial charge is 0.272 e. The summed E-state index contributed by atoms with van der Waals surface area (Å²) in [7, 11) is 1.61. The molecule has 1 fully saturated rings. The Morgan fingerprint density at radius 2 is 2.03 bits per heavy atom. The van der Waals surface area contributed by atoms with Crippen LogP contribution in [0.4, 0.5) is 0 Å². The first kappa shape index (κ1) is 21.4. The number of hydrogen-bond donors (Lipinski definition) is 1. The van der Waals surface area contributed by atoms with Gasteiger partial charge in [-0.2, -0.15) is 0 Å².